The van der Waals surface area contributed by atoms with Crippen LogP contribution in [0.3, 0.4) is 0 Å². The highest BCUT2D eigenvalue weighted by Gasteiger charge is 2.26. The zero-order valence-electron chi connectivity index (χ0n) is 19.9. The van der Waals surface area contributed by atoms with Crippen LogP contribution < -0.4 is 9.64 Å². The highest BCUT2D eigenvalue weighted by atomic mass is 32.1. The molecule has 0 saturated carbocycles. The van der Waals surface area contributed by atoms with E-state index in [9.17, 15) is 4.79 Å². The minimum absolute atomic E-state index is 0.228. The number of anilines is 1. The lowest BCUT2D eigenvalue weighted by Crippen LogP contribution is -2.39. The molecule has 8 nitrogen and oxygen atoms in total. The molecule has 35 heavy (non-hydrogen) atoms. The van der Waals surface area contributed by atoms with E-state index < -0.39 is 0 Å². The molecule has 1 fully saturated rings. The number of nitrogens with zero attached hydrogens (tertiary/aromatic N) is 4. The van der Waals surface area contributed by atoms with Crippen LogP contribution >= 0.6 is 11.3 Å². The van der Waals surface area contributed by atoms with Gasteiger partial charge in [0.25, 0.3) is 5.91 Å². The molecule has 0 atom stereocenters. The summed E-state index contributed by atoms with van der Waals surface area (Å²) in [5.41, 5.74) is 3.00. The monoisotopic (exact) mass is 492 g/mol. The Morgan fingerprint density at radius 1 is 1.17 bits per heavy atom. The van der Waals surface area contributed by atoms with E-state index in [2.05, 4.69) is 10.1 Å². The van der Waals surface area contributed by atoms with Gasteiger partial charge in [-0.15, -0.1) is 0 Å². The van der Waals surface area contributed by atoms with Gasteiger partial charge in [-0.2, -0.15) is 0 Å². The second-order valence-corrected chi connectivity index (χ2v) is 9.44. The van der Waals surface area contributed by atoms with Crippen LogP contribution in [0.15, 0.2) is 53.1 Å². The molecule has 1 aliphatic rings. The van der Waals surface area contributed by atoms with E-state index in [-0.39, 0.29) is 11.6 Å². The summed E-state index contributed by atoms with van der Waals surface area (Å²) in [6.45, 7) is 6.77. The Bertz CT molecular complexity index is 1300. The third-order valence-corrected chi connectivity index (χ3v) is 7.35. The summed E-state index contributed by atoms with van der Waals surface area (Å²) < 4.78 is 17.5. The molecule has 0 aliphatic carbocycles. The van der Waals surface area contributed by atoms with Crippen molar-refractivity contribution in [3.63, 3.8) is 0 Å². The molecule has 5 rings (SSSR count). The van der Waals surface area contributed by atoms with E-state index in [4.69, 9.17) is 19.0 Å². The summed E-state index contributed by atoms with van der Waals surface area (Å²) in [4.78, 5) is 22.6. The Morgan fingerprint density at radius 2 is 1.97 bits per heavy atom. The van der Waals surface area contributed by atoms with Gasteiger partial charge in [0.2, 0.25) is 0 Å². The van der Waals surface area contributed by atoms with Gasteiger partial charge in [-0.25, -0.2) is 4.98 Å². The molecule has 0 spiro atoms. The first-order chi connectivity index (χ1) is 17.1. The number of carbonyl (C=O) groups excluding carboxylic acids is 1. The van der Waals surface area contributed by atoms with Gasteiger partial charge >= 0.3 is 0 Å². The number of aryl methyl sites for hydroxylation is 1. The fraction of sp³-hybridized carbons (Fsp3) is 0.346. The number of ether oxygens (including phenoxy) is 2. The number of fused-ring (bicyclic) bond motifs is 1. The molecule has 1 saturated heterocycles. The van der Waals surface area contributed by atoms with Crippen LogP contribution in [0, 0.1) is 6.92 Å². The summed E-state index contributed by atoms with van der Waals surface area (Å²) in [6, 6.07) is 15.3. The van der Waals surface area contributed by atoms with Crippen LogP contribution in [0.4, 0.5) is 5.13 Å². The number of hydrogen-bond acceptors (Lipinski definition) is 8. The van der Waals surface area contributed by atoms with Crippen LogP contribution in [-0.2, 0) is 4.74 Å². The lowest BCUT2D eigenvalue weighted by Gasteiger charge is -2.27. The van der Waals surface area contributed by atoms with Crippen molar-refractivity contribution >= 4 is 32.6 Å². The Morgan fingerprint density at radius 3 is 2.74 bits per heavy atom. The average molecular weight is 493 g/mol. The molecule has 4 aromatic rings. The topological polar surface area (TPSA) is 80.9 Å². The first-order valence-corrected chi connectivity index (χ1v) is 12.5. The van der Waals surface area contributed by atoms with Crippen LogP contribution in [0.25, 0.3) is 21.5 Å². The van der Waals surface area contributed by atoms with Crippen molar-refractivity contribution in [1.29, 1.82) is 0 Å². The SMILES string of the molecule is COc1ccc(C)c2sc(N(CCCN3CCOCC3)C(=O)c3cc(-c4ccccc4)on3)nc12. The molecule has 0 bridgehead atoms. The van der Waals surface area contributed by atoms with E-state index in [1.165, 1.54) is 11.3 Å². The Kier molecular flexibility index (Phi) is 7.08. The van der Waals surface area contributed by atoms with Crippen LogP contribution in [0.5, 0.6) is 5.75 Å². The fourth-order valence-corrected chi connectivity index (χ4v) is 5.27. The summed E-state index contributed by atoms with van der Waals surface area (Å²) in [5, 5.41) is 4.73. The maximum absolute atomic E-state index is 13.7. The standard InChI is InChI=1S/C26H28N4O4S/c1-18-9-10-21(32-2)23-24(18)35-26(27-23)30(12-6-11-29-13-15-33-16-14-29)25(31)20-17-22(34-28-20)19-7-4-3-5-8-19/h3-5,7-10,17H,6,11-16H2,1-2H3. The third kappa shape index (κ3) is 5.07. The van der Waals surface area contributed by atoms with Gasteiger partial charge in [0.05, 0.1) is 25.0 Å². The lowest BCUT2D eigenvalue weighted by atomic mass is 10.1. The van der Waals surface area contributed by atoms with E-state index in [1.54, 1.807) is 18.1 Å². The molecule has 9 heteroatoms. The number of morpholine rings is 1. The number of amides is 1. The molecule has 1 aliphatic heterocycles. The number of aromatic nitrogens is 2. The van der Waals surface area contributed by atoms with Gasteiger partial charge in [0.1, 0.15) is 11.3 Å². The largest absolute Gasteiger partial charge is 0.494 e. The van der Waals surface area contributed by atoms with Gasteiger partial charge < -0.3 is 14.0 Å². The number of hydrogen-bond donors (Lipinski definition) is 0. The number of benzene rings is 2. The van der Waals surface area contributed by atoms with Gasteiger partial charge in [-0.05, 0) is 25.0 Å². The van der Waals surface area contributed by atoms with Gasteiger partial charge in [0, 0.05) is 37.8 Å². The van der Waals surface area contributed by atoms with Gasteiger partial charge in [-0.3, -0.25) is 14.6 Å². The molecule has 1 amide bonds. The molecular weight excluding hydrogens is 464 g/mol. The van der Waals surface area contributed by atoms with Crippen molar-refractivity contribution in [2.24, 2.45) is 0 Å². The molecule has 0 radical (unpaired) electrons. The highest BCUT2D eigenvalue weighted by molar-refractivity contribution is 7.22. The molecule has 0 N–H and O–H groups in total. The van der Waals surface area contributed by atoms with E-state index in [0.29, 0.717) is 23.2 Å². The van der Waals surface area contributed by atoms with Crippen molar-refractivity contribution in [2.75, 3.05) is 51.4 Å². The second-order valence-electron chi connectivity index (χ2n) is 8.47. The van der Waals surface area contributed by atoms with Crippen molar-refractivity contribution in [2.45, 2.75) is 13.3 Å². The highest BCUT2D eigenvalue weighted by Crippen LogP contribution is 2.37. The van der Waals surface area contributed by atoms with Crippen LogP contribution in [-0.4, -0.2) is 67.5 Å². The zero-order chi connectivity index (χ0) is 24.2. The number of thiazole rings is 1. The quantitative estimate of drug-likeness (QED) is 0.355. The van der Waals surface area contributed by atoms with E-state index in [0.717, 1.165) is 60.6 Å². The van der Waals surface area contributed by atoms with Crippen LogP contribution in [0.1, 0.15) is 22.5 Å². The van der Waals surface area contributed by atoms with Crippen LogP contribution in [0.2, 0.25) is 0 Å². The van der Waals surface area contributed by atoms with E-state index in [1.807, 2.05) is 49.4 Å². The molecule has 0 unspecified atom stereocenters. The number of rotatable bonds is 8. The minimum atomic E-state index is -0.228. The summed E-state index contributed by atoms with van der Waals surface area (Å²) >= 11 is 1.50. The smallest absolute Gasteiger partial charge is 0.282 e. The Hall–Kier alpha value is -3.27. The fourth-order valence-electron chi connectivity index (χ4n) is 4.19. The lowest BCUT2D eigenvalue weighted by molar-refractivity contribution is 0.0376. The van der Waals surface area contributed by atoms with E-state index >= 15 is 0 Å². The second kappa shape index (κ2) is 10.6. The molecule has 3 heterocycles. The predicted molar refractivity (Wildman–Crippen MR) is 136 cm³/mol. The summed E-state index contributed by atoms with van der Waals surface area (Å²) in [6.07, 6.45) is 0.807. The zero-order valence-corrected chi connectivity index (χ0v) is 20.7. The first-order valence-electron chi connectivity index (χ1n) is 11.7. The molecular formula is C26H28N4O4S. The maximum atomic E-state index is 13.7. The average Bonchev–Trinajstić information content (AvgIpc) is 3.57. The molecule has 2 aromatic heterocycles. The predicted octanol–water partition coefficient (Wildman–Crippen LogP) is 4.64. The first kappa shape index (κ1) is 23.5. The minimum Gasteiger partial charge on any atom is -0.494 e. The number of carbonyl (C=O) groups is 1. The maximum Gasteiger partial charge on any atom is 0.282 e. The summed E-state index contributed by atoms with van der Waals surface area (Å²) in [5.74, 6) is 1.03. The van der Waals surface area contributed by atoms with Crippen molar-refractivity contribution in [1.82, 2.24) is 15.0 Å². The van der Waals surface area contributed by atoms with Gasteiger partial charge in [0.15, 0.2) is 16.6 Å². The Labute approximate surface area is 208 Å². The number of methoxy groups -OCH3 is 1. The normalized spacial score (nSPS) is 14.3. The third-order valence-electron chi connectivity index (χ3n) is 6.14. The summed E-state index contributed by atoms with van der Waals surface area (Å²) in [7, 11) is 1.63. The van der Waals surface area contributed by atoms with Crippen molar-refractivity contribution < 1.29 is 18.8 Å². The molecule has 2 aromatic carbocycles. The van der Waals surface area contributed by atoms with Crippen molar-refractivity contribution in [3.05, 3.63) is 59.8 Å². The van der Waals surface area contributed by atoms with Crippen molar-refractivity contribution in [3.8, 4) is 17.1 Å². The Balaban J connectivity index is 1.44. The molecule has 182 valence electrons. The van der Waals surface area contributed by atoms with Gasteiger partial charge in [-0.1, -0.05) is 52.9 Å².